The first-order valence-electron chi connectivity index (χ1n) is 9.17. The highest BCUT2D eigenvalue weighted by atomic mass is 35.5. The van der Waals surface area contributed by atoms with E-state index in [0.29, 0.717) is 24.5 Å². The molecule has 3 rings (SSSR count). The Kier molecular flexibility index (Phi) is 6.28. The standard InChI is InChI=1S/C19H22ClN5O5/c1-23-14-15(22-18(23)21-7-4-8-26)24(2)19(29)25(16(14)27)10-11-5-6-13(20)12(9-11)17(28)30-3/h5-6,9,26H,4,7-8,10H2,1-3H3,(H,21,22). The van der Waals surface area contributed by atoms with Gasteiger partial charge in [-0.1, -0.05) is 17.7 Å². The summed E-state index contributed by atoms with van der Waals surface area (Å²) >= 11 is 6.04. The van der Waals surface area contributed by atoms with Gasteiger partial charge in [0.05, 0.1) is 24.2 Å². The monoisotopic (exact) mass is 435 g/mol. The van der Waals surface area contributed by atoms with Crippen LogP contribution < -0.4 is 16.6 Å². The van der Waals surface area contributed by atoms with Crippen LogP contribution in [0.4, 0.5) is 5.95 Å². The van der Waals surface area contributed by atoms with Gasteiger partial charge in [0.15, 0.2) is 11.2 Å². The number of nitrogens with one attached hydrogen (secondary N) is 1. The lowest BCUT2D eigenvalue weighted by Gasteiger charge is -2.10. The lowest BCUT2D eigenvalue weighted by Crippen LogP contribution is -2.39. The Morgan fingerprint density at radius 1 is 1.27 bits per heavy atom. The number of anilines is 1. The van der Waals surface area contributed by atoms with Crippen molar-refractivity contribution >= 4 is 34.7 Å². The smallest absolute Gasteiger partial charge is 0.339 e. The Balaban J connectivity index is 2.09. The van der Waals surface area contributed by atoms with Crippen molar-refractivity contribution in [3.05, 3.63) is 55.2 Å². The molecule has 0 unspecified atom stereocenters. The fourth-order valence-electron chi connectivity index (χ4n) is 3.14. The van der Waals surface area contributed by atoms with Gasteiger partial charge in [0.2, 0.25) is 5.95 Å². The first-order chi connectivity index (χ1) is 14.3. The number of esters is 1. The Hall–Kier alpha value is -3.11. The first kappa shape index (κ1) is 21.6. The minimum atomic E-state index is -0.609. The van der Waals surface area contributed by atoms with Gasteiger partial charge in [0, 0.05) is 27.2 Å². The zero-order valence-electron chi connectivity index (χ0n) is 16.8. The zero-order chi connectivity index (χ0) is 22.0. The second-order valence-corrected chi connectivity index (χ2v) is 7.12. The maximum absolute atomic E-state index is 13.1. The SMILES string of the molecule is COC(=O)c1cc(Cn2c(=O)c3c(nc(NCCCO)n3C)n(C)c2=O)ccc1Cl. The summed E-state index contributed by atoms with van der Waals surface area (Å²) in [6, 6.07) is 4.65. The van der Waals surface area contributed by atoms with Crippen LogP contribution >= 0.6 is 11.6 Å². The summed E-state index contributed by atoms with van der Waals surface area (Å²) in [4.78, 5) is 42.2. The maximum atomic E-state index is 13.1. The largest absolute Gasteiger partial charge is 0.465 e. The number of benzene rings is 1. The molecule has 0 radical (unpaired) electrons. The molecular weight excluding hydrogens is 414 g/mol. The fraction of sp³-hybridized carbons (Fsp3) is 0.368. The van der Waals surface area contributed by atoms with E-state index < -0.39 is 17.2 Å². The number of rotatable bonds is 7. The first-order valence-corrected chi connectivity index (χ1v) is 9.55. The number of imidazole rings is 1. The highest BCUT2D eigenvalue weighted by Crippen LogP contribution is 2.19. The number of methoxy groups -OCH3 is 1. The highest BCUT2D eigenvalue weighted by Gasteiger charge is 2.19. The van der Waals surface area contributed by atoms with Crippen LogP contribution in [0.2, 0.25) is 5.02 Å². The number of hydrogen-bond acceptors (Lipinski definition) is 7. The predicted molar refractivity (Wildman–Crippen MR) is 112 cm³/mol. The number of ether oxygens (including phenoxy) is 1. The van der Waals surface area contributed by atoms with E-state index in [2.05, 4.69) is 10.3 Å². The lowest BCUT2D eigenvalue weighted by molar-refractivity contribution is 0.0601. The van der Waals surface area contributed by atoms with Crippen molar-refractivity contribution in [2.45, 2.75) is 13.0 Å². The van der Waals surface area contributed by atoms with Gasteiger partial charge in [-0.3, -0.25) is 13.9 Å². The summed E-state index contributed by atoms with van der Waals surface area (Å²) in [5.41, 5.74) is 0.155. The third kappa shape index (κ3) is 3.83. The molecule has 0 fully saturated rings. The summed E-state index contributed by atoms with van der Waals surface area (Å²) in [6.45, 7) is 0.439. The number of carbonyl (C=O) groups is 1. The molecule has 30 heavy (non-hydrogen) atoms. The Labute approximate surface area is 176 Å². The summed E-state index contributed by atoms with van der Waals surface area (Å²) in [5, 5.41) is 12.2. The Morgan fingerprint density at radius 3 is 2.67 bits per heavy atom. The summed E-state index contributed by atoms with van der Waals surface area (Å²) in [7, 11) is 4.45. The van der Waals surface area contributed by atoms with Gasteiger partial charge in [-0.2, -0.15) is 4.98 Å². The molecule has 2 N–H and O–H groups in total. The molecule has 0 saturated heterocycles. The van der Waals surface area contributed by atoms with Crippen molar-refractivity contribution in [1.82, 2.24) is 18.7 Å². The predicted octanol–water partition coefficient (Wildman–Crippen LogP) is 0.716. The van der Waals surface area contributed by atoms with Crippen molar-refractivity contribution in [3.8, 4) is 0 Å². The Bertz CT molecular complexity index is 1230. The molecule has 0 spiro atoms. The molecule has 160 valence electrons. The maximum Gasteiger partial charge on any atom is 0.339 e. The van der Waals surface area contributed by atoms with E-state index in [1.807, 2.05) is 0 Å². The number of aliphatic hydroxyl groups is 1. The van der Waals surface area contributed by atoms with E-state index in [1.54, 1.807) is 17.7 Å². The number of carbonyl (C=O) groups excluding carboxylic acids is 1. The summed E-state index contributed by atoms with van der Waals surface area (Å²) in [5.74, 6) is -0.189. The zero-order valence-corrected chi connectivity index (χ0v) is 17.6. The van der Waals surface area contributed by atoms with Crippen LogP contribution in [-0.4, -0.2) is 50.0 Å². The average Bonchev–Trinajstić information content (AvgIpc) is 3.07. The van der Waals surface area contributed by atoms with Crippen LogP contribution in [0, 0.1) is 0 Å². The number of nitrogens with zero attached hydrogens (tertiary/aromatic N) is 4. The van der Waals surface area contributed by atoms with E-state index in [-0.39, 0.29) is 34.9 Å². The average molecular weight is 436 g/mol. The molecule has 10 nitrogen and oxygen atoms in total. The number of aliphatic hydroxyl groups excluding tert-OH is 1. The summed E-state index contributed by atoms with van der Waals surface area (Å²) < 4.78 is 8.66. The molecule has 0 aliphatic carbocycles. The molecule has 0 aliphatic rings. The minimum Gasteiger partial charge on any atom is -0.465 e. The van der Waals surface area contributed by atoms with E-state index in [1.165, 1.54) is 30.9 Å². The lowest BCUT2D eigenvalue weighted by atomic mass is 10.1. The van der Waals surface area contributed by atoms with E-state index >= 15 is 0 Å². The van der Waals surface area contributed by atoms with Crippen molar-refractivity contribution < 1.29 is 14.6 Å². The van der Waals surface area contributed by atoms with Crippen LogP contribution in [0.25, 0.3) is 11.2 Å². The van der Waals surface area contributed by atoms with E-state index in [0.717, 1.165) is 4.57 Å². The van der Waals surface area contributed by atoms with Crippen LogP contribution in [-0.2, 0) is 25.4 Å². The number of hydrogen-bond donors (Lipinski definition) is 2. The van der Waals surface area contributed by atoms with Crippen molar-refractivity contribution in [1.29, 1.82) is 0 Å². The van der Waals surface area contributed by atoms with Gasteiger partial charge < -0.3 is 19.7 Å². The van der Waals surface area contributed by atoms with Gasteiger partial charge in [-0.05, 0) is 24.1 Å². The topological polar surface area (TPSA) is 120 Å². The second kappa shape index (κ2) is 8.72. The fourth-order valence-corrected chi connectivity index (χ4v) is 3.33. The minimum absolute atomic E-state index is 0.0247. The normalized spacial score (nSPS) is 11.1. The molecule has 2 aromatic heterocycles. The number of fused-ring (bicyclic) bond motifs is 1. The molecule has 2 heterocycles. The van der Waals surface area contributed by atoms with Crippen LogP contribution in [0.15, 0.2) is 27.8 Å². The van der Waals surface area contributed by atoms with Crippen molar-refractivity contribution in [2.24, 2.45) is 14.1 Å². The van der Waals surface area contributed by atoms with Crippen molar-refractivity contribution in [2.75, 3.05) is 25.6 Å². The van der Waals surface area contributed by atoms with Crippen LogP contribution in [0.3, 0.4) is 0 Å². The van der Waals surface area contributed by atoms with Crippen LogP contribution in [0.1, 0.15) is 22.3 Å². The van der Waals surface area contributed by atoms with Crippen molar-refractivity contribution in [3.63, 3.8) is 0 Å². The molecule has 0 atom stereocenters. The van der Waals surface area contributed by atoms with Crippen LogP contribution in [0.5, 0.6) is 0 Å². The molecule has 1 aromatic carbocycles. The molecule has 0 saturated carbocycles. The quantitative estimate of drug-likeness (QED) is 0.414. The van der Waals surface area contributed by atoms with E-state index in [9.17, 15) is 14.4 Å². The number of aromatic nitrogens is 4. The van der Waals surface area contributed by atoms with Gasteiger partial charge in [0.25, 0.3) is 5.56 Å². The molecule has 0 amide bonds. The van der Waals surface area contributed by atoms with Gasteiger partial charge in [-0.15, -0.1) is 0 Å². The van der Waals surface area contributed by atoms with Gasteiger partial charge in [0.1, 0.15) is 0 Å². The molecule has 0 aliphatic heterocycles. The molecule has 0 bridgehead atoms. The van der Waals surface area contributed by atoms with Gasteiger partial charge in [-0.25, -0.2) is 9.59 Å². The second-order valence-electron chi connectivity index (χ2n) is 6.71. The highest BCUT2D eigenvalue weighted by molar-refractivity contribution is 6.33. The number of aryl methyl sites for hydroxylation is 2. The van der Waals surface area contributed by atoms with Gasteiger partial charge >= 0.3 is 11.7 Å². The summed E-state index contributed by atoms with van der Waals surface area (Å²) in [6.07, 6.45) is 0.519. The van der Waals surface area contributed by atoms with E-state index in [4.69, 9.17) is 21.4 Å². The number of halogens is 1. The third-order valence-electron chi connectivity index (χ3n) is 4.75. The Morgan fingerprint density at radius 2 is 2.00 bits per heavy atom. The third-order valence-corrected chi connectivity index (χ3v) is 5.08. The molecule has 11 heteroatoms. The molecular formula is C19H22ClN5O5. The molecule has 3 aromatic rings.